The van der Waals surface area contributed by atoms with E-state index in [9.17, 15) is 0 Å². The third-order valence-electron chi connectivity index (χ3n) is 3.02. The van der Waals surface area contributed by atoms with E-state index in [1.165, 1.54) is 30.8 Å². The molecule has 1 aromatic rings. The highest BCUT2D eigenvalue weighted by Gasteiger charge is 2.23. The van der Waals surface area contributed by atoms with Crippen LogP contribution in [-0.2, 0) is 6.42 Å². The summed E-state index contributed by atoms with van der Waals surface area (Å²) in [4.78, 5) is 4.37. The molecule has 4 nitrogen and oxygen atoms in total. The minimum absolute atomic E-state index is 0.371. The Balaban J connectivity index is 1.82. The summed E-state index contributed by atoms with van der Waals surface area (Å²) in [5.41, 5.74) is 6.00. The Labute approximate surface area is 94.5 Å². The zero-order chi connectivity index (χ0) is 10.7. The van der Waals surface area contributed by atoms with Gasteiger partial charge in [0.05, 0.1) is 0 Å². The zero-order valence-corrected chi connectivity index (χ0v) is 9.89. The van der Waals surface area contributed by atoms with Crippen molar-refractivity contribution in [2.75, 3.05) is 11.9 Å². The molecule has 1 aromatic heterocycles. The molecule has 1 saturated carbocycles. The van der Waals surface area contributed by atoms with E-state index < -0.39 is 0 Å². The molecule has 0 aliphatic heterocycles. The van der Waals surface area contributed by atoms with Crippen molar-refractivity contribution < 1.29 is 0 Å². The molecule has 0 bridgehead atoms. The monoisotopic (exact) mass is 226 g/mol. The Morgan fingerprint density at radius 3 is 3.00 bits per heavy atom. The van der Waals surface area contributed by atoms with Gasteiger partial charge in [-0.15, -0.1) is 0 Å². The highest BCUT2D eigenvalue weighted by molar-refractivity contribution is 7.09. The lowest BCUT2D eigenvalue weighted by molar-refractivity contribution is 0.505. The van der Waals surface area contributed by atoms with Crippen molar-refractivity contribution in [3.63, 3.8) is 0 Å². The Bertz CT molecular complexity index is 312. The number of rotatable bonds is 4. The van der Waals surface area contributed by atoms with Gasteiger partial charge in [0.1, 0.15) is 5.82 Å². The van der Waals surface area contributed by atoms with Crippen LogP contribution in [0.25, 0.3) is 0 Å². The average Bonchev–Trinajstić information content (AvgIpc) is 2.84. The van der Waals surface area contributed by atoms with Crippen molar-refractivity contribution >= 4 is 16.7 Å². The molecule has 1 heterocycles. The number of anilines is 1. The van der Waals surface area contributed by atoms with Crippen molar-refractivity contribution in [2.24, 2.45) is 11.7 Å². The summed E-state index contributed by atoms with van der Waals surface area (Å²) in [6, 6.07) is 0.371. The van der Waals surface area contributed by atoms with Gasteiger partial charge in [0.15, 0.2) is 0 Å². The van der Waals surface area contributed by atoms with Crippen LogP contribution in [0.5, 0.6) is 0 Å². The quantitative estimate of drug-likeness (QED) is 0.819. The zero-order valence-electron chi connectivity index (χ0n) is 9.07. The van der Waals surface area contributed by atoms with Crippen LogP contribution < -0.4 is 11.1 Å². The molecule has 0 amide bonds. The second kappa shape index (κ2) is 4.90. The Morgan fingerprint density at radius 2 is 2.40 bits per heavy atom. The predicted molar refractivity (Wildman–Crippen MR) is 63.1 cm³/mol. The number of hydrogen-bond acceptors (Lipinski definition) is 5. The van der Waals surface area contributed by atoms with Crippen LogP contribution in [-0.4, -0.2) is 21.9 Å². The van der Waals surface area contributed by atoms with Gasteiger partial charge in [-0.2, -0.15) is 4.37 Å². The van der Waals surface area contributed by atoms with Crippen LogP contribution in [0.2, 0.25) is 0 Å². The van der Waals surface area contributed by atoms with Gasteiger partial charge in [-0.1, -0.05) is 13.3 Å². The molecular weight excluding hydrogens is 208 g/mol. The second-order valence-corrected chi connectivity index (χ2v) is 4.86. The van der Waals surface area contributed by atoms with Crippen molar-refractivity contribution in [3.8, 4) is 0 Å². The Hall–Kier alpha value is -0.680. The summed E-state index contributed by atoms with van der Waals surface area (Å²) in [6.07, 6.45) is 4.58. The second-order valence-electron chi connectivity index (χ2n) is 4.11. The number of aryl methyl sites for hydroxylation is 1. The highest BCUT2D eigenvalue weighted by atomic mass is 32.1. The lowest BCUT2D eigenvalue weighted by atomic mass is 10.1. The lowest BCUT2D eigenvalue weighted by Crippen LogP contribution is -2.29. The first-order valence-electron chi connectivity index (χ1n) is 5.61. The molecule has 15 heavy (non-hydrogen) atoms. The molecule has 1 fully saturated rings. The van der Waals surface area contributed by atoms with E-state index in [0.29, 0.717) is 12.0 Å². The van der Waals surface area contributed by atoms with Crippen molar-refractivity contribution in [1.82, 2.24) is 9.36 Å². The van der Waals surface area contributed by atoms with Crippen LogP contribution in [0, 0.1) is 5.92 Å². The first-order chi connectivity index (χ1) is 7.29. The number of aromatic nitrogens is 2. The van der Waals surface area contributed by atoms with Crippen molar-refractivity contribution in [1.29, 1.82) is 0 Å². The van der Waals surface area contributed by atoms with E-state index in [0.717, 1.165) is 23.9 Å². The maximum Gasteiger partial charge on any atom is 0.202 e. The summed E-state index contributed by atoms with van der Waals surface area (Å²) in [5.74, 6) is 1.54. The van der Waals surface area contributed by atoms with E-state index >= 15 is 0 Å². The first kappa shape index (κ1) is 10.8. The molecule has 2 atom stereocenters. The van der Waals surface area contributed by atoms with Crippen LogP contribution >= 0.6 is 11.5 Å². The van der Waals surface area contributed by atoms with Crippen LogP contribution in [0.4, 0.5) is 5.13 Å². The Morgan fingerprint density at radius 1 is 1.53 bits per heavy atom. The molecular formula is C10H18N4S. The molecule has 0 aromatic carbocycles. The fourth-order valence-electron chi connectivity index (χ4n) is 2.01. The van der Waals surface area contributed by atoms with Gasteiger partial charge >= 0.3 is 0 Å². The molecule has 1 aliphatic rings. The van der Waals surface area contributed by atoms with Crippen molar-refractivity contribution in [2.45, 2.75) is 38.6 Å². The summed E-state index contributed by atoms with van der Waals surface area (Å²) >= 11 is 1.45. The van der Waals surface area contributed by atoms with Gasteiger partial charge in [0, 0.05) is 30.5 Å². The summed E-state index contributed by atoms with van der Waals surface area (Å²) < 4.78 is 4.24. The smallest absolute Gasteiger partial charge is 0.202 e. The molecule has 0 spiro atoms. The van der Waals surface area contributed by atoms with Gasteiger partial charge in [-0.05, 0) is 18.8 Å². The lowest BCUT2D eigenvalue weighted by Gasteiger charge is -2.14. The number of nitrogens with one attached hydrogen (secondary N) is 1. The molecule has 84 valence electrons. The number of hydrogen-bond donors (Lipinski definition) is 2. The molecule has 1 aliphatic carbocycles. The van der Waals surface area contributed by atoms with Gasteiger partial charge in [0.2, 0.25) is 5.13 Å². The fourth-order valence-corrected chi connectivity index (χ4v) is 2.66. The molecule has 2 unspecified atom stereocenters. The van der Waals surface area contributed by atoms with E-state index in [4.69, 9.17) is 5.73 Å². The van der Waals surface area contributed by atoms with Gasteiger partial charge in [-0.25, -0.2) is 4.98 Å². The normalized spacial score (nSPS) is 25.7. The number of nitrogens with zero attached hydrogens (tertiary/aromatic N) is 2. The average molecular weight is 226 g/mol. The Kier molecular flexibility index (Phi) is 3.53. The maximum absolute atomic E-state index is 6.00. The standard InChI is InChI=1S/C10H18N4S/c1-2-9-13-10(15-14-9)12-6-7-4-3-5-8(7)11/h7-8H,2-6,11H2,1H3,(H,12,13,14). The summed E-state index contributed by atoms with van der Waals surface area (Å²) in [5, 5.41) is 4.27. The molecule has 0 radical (unpaired) electrons. The molecule has 5 heteroatoms. The fraction of sp³-hybridized carbons (Fsp3) is 0.800. The van der Waals surface area contributed by atoms with Crippen LogP contribution in [0.1, 0.15) is 32.0 Å². The topological polar surface area (TPSA) is 63.8 Å². The van der Waals surface area contributed by atoms with Gasteiger partial charge < -0.3 is 11.1 Å². The molecule has 0 saturated heterocycles. The van der Waals surface area contributed by atoms with E-state index in [-0.39, 0.29) is 0 Å². The maximum atomic E-state index is 6.00. The predicted octanol–water partition coefficient (Wildman–Crippen LogP) is 1.64. The van der Waals surface area contributed by atoms with Crippen LogP contribution in [0.15, 0.2) is 0 Å². The van der Waals surface area contributed by atoms with Crippen molar-refractivity contribution in [3.05, 3.63) is 5.82 Å². The third kappa shape index (κ3) is 2.66. The minimum Gasteiger partial charge on any atom is -0.360 e. The summed E-state index contributed by atoms with van der Waals surface area (Å²) in [6.45, 7) is 3.01. The van der Waals surface area contributed by atoms with E-state index in [1.54, 1.807) is 0 Å². The van der Waals surface area contributed by atoms with Gasteiger partial charge in [0.25, 0.3) is 0 Å². The first-order valence-corrected chi connectivity index (χ1v) is 6.39. The summed E-state index contributed by atoms with van der Waals surface area (Å²) in [7, 11) is 0. The number of nitrogens with two attached hydrogens (primary N) is 1. The SMILES string of the molecule is CCc1nsc(NCC2CCCC2N)n1. The third-order valence-corrected chi connectivity index (χ3v) is 3.73. The molecule has 3 N–H and O–H groups in total. The van der Waals surface area contributed by atoms with Crippen LogP contribution in [0.3, 0.4) is 0 Å². The largest absolute Gasteiger partial charge is 0.360 e. The van der Waals surface area contributed by atoms with E-state index in [2.05, 4.69) is 21.6 Å². The van der Waals surface area contributed by atoms with Gasteiger partial charge in [-0.3, -0.25) is 0 Å². The van der Waals surface area contributed by atoms with E-state index in [1.807, 2.05) is 0 Å². The highest BCUT2D eigenvalue weighted by Crippen LogP contribution is 2.24. The minimum atomic E-state index is 0.371. The molecule has 2 rings (SSSR count).